The van der Waals surface area contributed by atoms with Crippen molar-refractivity contribution in [3.05, 3.63) is 35.5 Å². The molecule has 1 fully saturated rings. The Hall–Kier alpha value is -2.08. The summed E-state index contributed by atoms with van der Waals surface area (Å²) in [5, 5.41) is 7.45. The van der Waals surface area contributed by atoms with Crippen molar-refractivity contribution in [3.8, 4) is 11.5 Å². The van der Waals surface area contributed by atoms with Gasteiger partial charge in [0.05, 0.1) is 19.6 Å². The van der Waals surface area contributed by atoms with Gasteiger partial charge in [0.1, 0.15) is 0 Å². The van der Waals surface area contributed by atoms with Gasteiger partial charge in [0.15, 0.2) is 17.3 Å². The number of nitrogens with one attached hydrogen (secondary N) is 1. The molecule has 118 valence electrons. The minimum absolute atomic E-state index is 0.0527. The van der Waals surface area contributed by atoms with Crippen LogP contribution in [0.2, 0.25) is 0 Å². The summed E-state index contributed by atoms with van der Waals surface area (Å²) < 4.78 is 16.0. The summed E-state index contributed by atoms with van der Waals surface area (Å²) in [6.45, 7) is 4.02. The maximum absolute atomic E-state index is 5.47. The molecule has 1 atom stereocenters. The lowest BCUT2D eigenvalue weighted by molar-refractivity contribution is 0.304. The quantitative estimate of drug-likeness (QED) is 0.910. The zero-order valence-corrected chi connectivity index (χ0v) is 13.2. The van der Waals surface area contributed by atoms with Crippen molar-refractivity contribution < 1.29 is 14.0 Å². The summed E-state index contributed by atoms with van der Waals surface area (Å²) in [6.07, 6.45) is 1.62. The van der Waals surface area contributed by atoms with Gasteiger partial charge in [0.2, 0.25) is 5.89 Å². The van der Waals surface area contributed by atoms with Crippen molar-refractivity contribution in [3.63, 3.8) is 0 Å². The van der Waals surface area contributed by atoms with Crippen molar-refractivity contribution in [2.24, 2.45) is 0 Å². The molecular formula is C16H21N3O3. The molecule has 1 aromatic heterocycles. The van der Waals surface area contributed by atoms with Crippen molar-refractivity contribution in [1.82, 2.24) is 15.5 Å². The second-order valence-electron chi connectivity index (χ2n) is 5.87. The Bertz CT molecular complexity index is 648. The van der Waals surface area contributed by atoms with E-state index in [1.807, 2.05) is 18.2 Å². The Morgan fingerprint density at radius 2 is 2.09 bits per heavy atom. The SMILES string of the molecule is COc1ccc(Cc2noc(C3(C)CCNC3)n2)cc1OC. The lowest BCUT2D eigenvalue weighted by Crippen LogP contribution is -2.25. The van der Waals surface area contributed by atoms with Crippen molar-refractivity contribution >= 4 is 0 Å². The second kappa shape index (κ2) is 5.96. The van der Waals surface area contributed by atoms with Crippen LogP contribution < -0.4 is 14.8 Å². The first kappa shape index (κ1) is 14.8. The Balaban J connectivity index is 1.78. The first-order valence-electron chi connectivity index (χ1n) is 7.39. The van der Waals surface area contributed by atoms with Gasteiger partial charge in [-0.1, -0.05) is 11.2 Å². The van der Waals surface area contributed by atoms with E-state index in [9.17, 15) is 0 Å². The predicted octanol–water partition coefficient (Wildman–Crippen LogP) is 1.93. The number of hydrogen-bond donors (Lipinski definition) is 1. The fourth-order valence-electron chi connectivity index (χ4n) is 2.74. The summed E-state index contributed by atoms with van der Waals surface area (Å²) in [4.78, 5) is 4.57. The van der Waals surface area contributed by atoms with E-state index in [4.69, 9.17) is 14.0 Å². The predicted molar refractivity (Wildman–Crippen MR) is 81.5 cm³/mol. The normalized spacial score (nSPS) is 21.0. The van der Waals surface area contributed by atoms with E-state index in [1.165, 1.54) is 0 Å². The molecule has 6 heteroatoms. The van der Waals surface area contributed by atoms with Gasteiger partial charge in [0, 0.05) is 13.0 Å². The molecule has 0 spiro atoms. The number of methoxy groups -OCH3 is 2. The maximum atomic E-state index is 5.47. The standard InChI is InChI=1S/C16H21N3O3/c1-16(6-7-17-10-16)15-18-14(19-22-15)9-11-4-5-12(20-2)13(8-11)21-3/h4-5,8,17H,6-7,9-10H2,1-3H3. The molecule has 1 unspecified atom stereocenters. The summed E-state index contributed by atoms with van der Waals surface area (Å²) in [7, 11) is 3.25. The Labute approximate surface area is 129 Å². The zero-order chi connectivity index (χ0) is 15.6. The molecule has 0 aliphatic carbocycles. The van der Waals surface area contributed by atoms with Crippen LogP contribution in [-0.2, 0) is 11.8 Å². The van der Waals surface area contributed by atoms with Crippen LogP contribution >= 0.6 is 0 Å². The fourth-order valence-corrected chi connectivity index (χ4v) is 2.74. The summed E-state index contributed by atoms with van der Waals surface area (Å²) in [6, 6.07) is 5.81. The highest BCUT2D eigenvalue weighted by Gasteiger charge is 2.36. The largest absolute Gasteiger partial charge is 0.493 e. The van der Waals surface area contributed by atoms with Crippen LogP contribution in [0.15, 0.2) is 22.7 Å². The number of nitrogens with zero attached hydrogens (tertiary/aromatic N) is 2. The minimum Gasteiger partial charge on any atom is -0.493 e. The summed E-state index contributed by atoms with van der Waals surface area (Å²) in [5.74, 6) is 2.82. The van der Waals surface area contributed by atoms with Gasteiger partial charge in [-0.2, -0.15) is 4.98 Å². The molecular weight excluding hydrogens is 282 g/mol. The van der Waals surface area contributed by atoms with E-state index in [-0.39, 0.29) is 5.41 Å². The molecule has 1 saturated heterocycles. The molecule has 0 saturated carbocycles. The third-order valence-electron chi connectivity index (χ3n) is 4.16. The van der Waals surface area contributed by atoms with Gasteiger partial charge in [-0.15, -0.1) is 0 Å². The second-order valence-corrected chi connectivity index (χ2v) is 5.87. The van der Waals surface area contributed by atoms with E-state index in [0.717, 1.165) is 25.1 Å². The van der Waals surface area contributed by atoms with Crippen LogP contribution in [0.5, 0.6) is 11.5 Å². The van der Waals surface area contributed by atoms with Crippen molar-refractivity contribution in [2.45, 2.75) is 25.2 Å². The summed E-state index contributed by atoms with van der Waals surface area (Å²) in [5.41, 5.74) is 1.00. The Morgan fingerprint density at radius 1 is 1.27 bits per heavy atom. The highest BCUT2D eigenvalue weighted by Crippen LogP contribution is 2.30. The van der Waals surface area contributed by atoms with Gasteiger partial charge in [0.25, 0.3) is 0 Å². The molecule has 22 heavy (non-hydrogen) atoms. The molecule has 2 aromatic rings. The van der Waals surface area contributed by atoms with Gasteiger partial charge in [-0.05, 0) is 37.6 Å². The molecule has 0 radical (unpaired) electrons. The minimum atomic E-state index is -0.0527. The molecule has 1 aromatic carbocycles. The van der Waals surface area contributed by atoms with Crippen LogP contribution in [0.4, 0.5) is 0 Å². The maximum Gasteiger partial charge on any atom is 0.233 e. The molecule has 6 nitrogen and oxygen atoms in total. The van der Waals surface area contributed by atoms with Crippen LogP contribution in [0, 0.1) is 0 Å². The fraction of sp³-hybridized carbons (Fsp3) is 0.500. The molecule has 1 N–H and O–H groups in total. The Kier molecular flexibility index (Phi) is 4.02. The average molecular weight is 303 g/mol. The van der Waals surface area contributed by atoms with Gasteiger partial charge in [-0.25, -0.2) is 0 Å². The van der Waals surface area contributed by atoms with E-state index in [1.54, 1.807) is 14.2 Å². The molecule has 1 aliphatic heterocycles. The van der Waals surface area contributed by atoms with Crippen LogP contribution in [0.25, 0.3) is 0 Å². The number of hydrogen-bond acceptors (Lipinski definition) is 6. The molecule has 0 bridgehead atoms. The summed E-state index contributed by atoms with van der Waals surface area (Å²) >= 11 is 0. The van der Waals surface area contributed by atoms with E-state index in [0.29, 0.717) is 29.6 Å². The lowest BCUT2D eigenvalue weighted by atomic mass is 9.90. The number of rotatable bonds is 5. The molecule has 2 heterocycles. The van der Waals surface area contributed by atoms with Gasteiger partial charge in [-0.3, -0.25) is 0 Å². The average Bonchev–Trinajstić information content (AvgIpc) is 3.17. The Morgan fingerprint density at radius 3 is 2.77 bits per heavy atom. The smallest absolute Gasteiger partial charge is 0.233 e. The number of ether oxygens (including phenoxy) is 2. The molecule has 3 rings (SSSR count). The zero-order valence-electron chi connectivity index (χ0n) is 13.2. The van der Waals surface area contributed by atoms with E-state index >= 15 is 0 Å². The van der Waals surface area contributed by atoms with Crippen LogP contribution in [0.3, 0.4) is 0 Å². The van der Waals surface area contributed by atoms with Crippen LogP contribution in [0.1, 0.15) is 30.6 Å². The van der Waals surface area contributed by atoms with E-state index < -0.39 is 0 Å². The highest BCUT2D eigenvalue weighted by atomic mass is 16.5. The van der Waals surface area contributed by atoms with Crippen molar-refractivity contribution in [1.29, 1.82) is 0 Å². The number of benzene rings is 1. The lowest BCUT2D eigenvalue weighted by Gasteiger charge is -2.15. The third-order valence-corrected chi connectivity index (χ3v) is 4.16. The first-order valence-corrected chi connectivity index (χ1v) is 7.39. The van der Waals surface area contributed by atoms with Crippen LogP contribution in [-0.4, -0.2) is 37.4 Å². The first-order chi connectivity index (χ1) is 10.6. The van der Waals surface area contributed by atoms with Gasteiger partial charge < -0.3 is 19.3 Å². The highest BCUT2D eigenvalue weighted by molar-refractivity contribution is 5.43. The number of aromatic nitrogens is 2. The monoisotopic (exact) mass is 303 g/mol. The van der Waals surface area contributed by atoms with Crippen molar-refractivity contribution in [2.75, 3.05) is 27.3 Å². The third kappa shape index (κ3) is 2.78. The van der Waals surface area contributed by atoms with Gasteiger partial charge >= 0.3 is 0 Å². The molecule has 1 aliphatic rings. The van der Waals surface area contributed by atoms with E-state index in [2.05, 4.69) is 22.4 Å². The topological polar surface area (TPSA) is 69.4 Å². The molecule has 0 amide bonds.